The van der Waals surface area contributed by atoms with Crippen LogP contribution < -0.4 is 5.32 Å². The van der Waals surface area contributed by atoms with Crippen molar-refractivity contribution >= 4 is 21.8 Å². The lowest BCUT2D eigenvalue weighted by molar-refractivity contribution is -0.118. The van der Waals surface area contributed by atoms with E-state index >= 15 is 0 Å². The lowest BCUT2D eigenvalue weighted by atomic mass is 10.0. The summed E-state index contributed by atoms with van der Waals surface area (Å²) in [5.41, 5.74) is 1.18. The summed E-state index contributed by atoms with van der Waals surface area (Å²) in [6.07, 6.45) is 7.25. The van der Waals surface area contributed by atoms with Crippen LogP contribution in [0.2, 0.25) is 0 Å². The minimum Gasteiger partial charge on any atom is -0.333 e. The first-order valence-corrected chi connectivity index (χ1v) is 4.81. The molecule has 0 spiro atoms. The van der Waals surface area contributed by atoms with Crippen molar-refractivity contribution in [2.24, 2.45) is 0 Å². The Bertz CT molecular complexity index is 243. The maximum atomic E-state index is 10.6. The molecule has 0 atom stereocenters. The van der Waals surface area contributed by atoms with Crippen LogP contribution >= 0.6 is 15.9 Å². The highest BCUT2D eigenvalue weighted by molar-refractivity contribution is 9.12. The van der Waals surface area contributed by atoms with Gasteiger partial charge >= 0.3 is 0 Å². The van der Waals surface area contributed by atoms with Gasteiger partial charge in [-0.1, -0.05) is 22.0 Å². The molecule has 0 saturated carbocycles. The van der Waals surface area contributed by atoms with Gasteiger partial charge in [0.25, 0.3) is 0 Å². The van der Waals surface area contributed by atoms with E-state index in [4.69, 9.17) is 0 Å². The van der Waals surface area contributed by atoms with Crippen LogP contribution in [-0.2, 0) is 4.79 Å². The molecule has 0 fully saturated rings. The van der Waals surface area contributed by atoms with Gasteiger partial charge in [0.05, 0.1) is 0 Å². The van der Waals surface area contributed by atoms with Crippen LogP contribution in [0.3, 0.4) is 0 Å². The Morgan fingerprint density at radius 2 is 2.50 bits per heavy atom. The Balaban J connectivity index is 2.60. The first-order valence-electron chi connectivity index (χ1n) is 4.02. The highest BCUT2D eigenvalue weighted by atomic mass is 79.9. The van der Waals surface area contributed by atoms with E-state index in [1.165, 1.54) is 18.9 Å². The Morgan fingerprint density at radius 1 is 1.75 bits per heavy atom. The van der Waals surface area contributed by atoms with E-state index in [-0.39, 0.29) is 5.91 Å². The molecule has 66 valence electrons. The minimum atomic E-state index is -0.0200. The second-order valence-corrected chi connectivity index (χ2v) is 3.67. The van der Waals surface area contributed by atoms with Crippen molar-refractivity contribution in [2.45, 2.75) is 26.2 Å². The van der Waals surface area contributed by atoms with Gasteiger partial charge in [-0.25, -0.2) is 0 Å². The zero-order chi connectivity index (χ0) is 8.97. The van der Waals surface area contributed by atoms with E-state index in [0.717, 1.165) is 17.3 Å². The predicted octanol–water partition coefficient (Wildman–Crippen LogP) is 2.47. The number of carbonyl (C=O) groups is 1. The molecular weight excluding hydrogens is 218 g/mol. The van der Waals surface area contributed by atoms with E-state index in [1.807, 2.05) is 0 Å². The fraction of sp³-hybridized carbons (Fsp3) is 0.444. The molecule has 1 amide bonds. The zero-order valence-corrected chi connectivity index (χ0v) is 8.65. The SMILES string of the molecule is CC(=O)N/C=C1/CCCC=C1Br. The van der Waals surface area contributed by atoms with Crippen molar-refractivity contribution in [3.8, 4) is 0 Å². The van der Waals surface area contributed by atoms with Crippen LogP contribution in [0.5, 0.6) is 0 Å². The molecule has 0 aliphatic heterocycles. The molecule has 1 rings (SSSR count). The molecule has 1 aliphatic carbocycles. The van der Waals surface area contributed by atoms with Crippen LogP contribution in [-0.4, -0.2) is 5.91 Å². The molecule has 3 heteroatoms. The summed E-state index contributed by atoms with van der Waals surface area (Å²) in [5, 5.41) is 2.67. The Labute approximate surface area is 80.9 Å². The predicted molar refractivity (Wildman–Crippen MR) is 52.8 cm³/mol. The average Bonchev–Trinajstić information content (AvgIpc) is 2.03. The summed E-state index contributed by atoms with van der Waals surface area (Å²) in [5.74, 6) is -0.0200. The van der Waals surface area contributed by atoms with Crippen molar-refractivity contribution in [3.05, 3.63) is 22.3 Å². The van der Waals surface area contributed by atoms with Crippen molar-refractivity contribution < 1.29 is 4.79 Å². The smallest absolute Gasteiger partial charge is 0.220 e. The Kier molecular flexibility index (Phi) is 3.53. The lowest BCUT2D eigenvalue weighted by Crippen LogP contribution is -2.13. The molecule has 0 aromatic rings. The van der Waals surface area contributed by atoms with Gasteiger partial charge in [0.2, 0.25) is 5.91 Å². The number of allylic oxidation sites excluding steroid dienone is 3. The number of hydrogen-bond donors (Lipinski definition) is 1. The van der Waals surface area contributed by atoms with Gasteiger partial charge in [-0.05, 0) is 24.8 Å². The van der Waals surface area contributed by atoms with Crippen molar-refractivity contribution in [2.75, 3.05) is 0 Å². The monoisotopic (exact) mass is 229 g/mol. The van der Waals surface area contributed by atoms with Crippen molar-refractivity contribution in [1.29, 1.82) is 0 Å². The second-order valence-electron chi connectivity index (χ2n) is 2.81. The topological polar surface area (TPSA) is 29.1 Å². The third-order valence-corrected chi connectivity index (χ3v) is 2.56. The van der Waals surface area contributed by atoms with E-state index in [9.17, 15) is 4.79 Å². The molecule has 0 bridgehead atoms. The summed E-state index contributed by atoms with van der Waals surface area (Å²) in [4.78, 5) is 10.6. The van der Waals surface area contributed by atoms with Gasteiger partial charge in [0.1, 0.15) is 0 Å². The summed E-state index contributed by atoms with van der Waals surface area (Å²) in [6, 6.07) is 0. The van der Waals surface area contributed by atoms with E-state index in [0.29, 0.717) is 0 Å². The molecule has 12 heavy (non-hydrogen) atoms. The molecule has 1 N–H and O–H groups in total. The first kappa shape index (κ1) is 9.52. The van der Waals surface area contributed by atoms with Gasteiger partial charge in [0.15, 0.2) is 0 Å². The van der Waals surface area contributed by atoms with Crippen LogP contribution in [0, 0.1) is 0 Å². The third-order valence-electron chi connectivity index (χ3n) is 1.73. The van der Waals surface area contributed by atoms with Crippen molar-refractivity contribution in [3.63, 3.8) is 0 Å². The highest BCUT2D eigenvalue weighted by Gasteiger charge is 2.06. The summed E-state index contributed by atoms with van der Waals surface area (Å²) >= 11 is 3.45. The average molecular weight is 230 g/mol. The van der Waals surface area contributed by atoms with E-state index in [2.05, 4.69) is 27.3 Å². The standard InChI is InChI=1S/C9H12BrNO/c1-7(12)11-6-8-4-2-3-5-9(8)10/h5-6H,2-4H2,1H3,(H,11,12)/b8-6-. The molecule has 1 aliphatic rings. The number of halogens is 1. The molecule has 0 radical (unpaired) electrons. The minimum absolute atomic E-state index is 0.0200. The van der Waals surface area contributed by atoms with Crippen LogP contribution in [0.1, 0.15) is 26.2 Å². The van der Waals surface area contributed by atoms with Crippen LogP contribution in [0.4, 0.5) is 0 Å². The summed E-state index contributed by atoms with van der Waals surface area (Å²) < 4.78 is 1.11. The maximum Gasteiger partial charge on any atom is 0.220 e. The quantitative estimate of drug-likeness (QED) is 0.736. The number of amides is 1. The molecule has 2 nitrogen and oxygen atoms in total. The summed E-state index contributed by atoms with van der Waals surface area (Å²) in [6.45, 7) is 1.51. The number of rotatable bonds is 1. The first-order chi connectivity index (χ1) is 5.70. The molecule has 0 aromatic carbocycles. The molecular formula is C9H12BrNO. The number of carbonyl (C=O) groups excluding carboxylic acids is 1. The maximum absolute atomic E-state index is 10.6. The van der Waals surface area contributed by atoms with Gasteiger partial charge in [-0.15, -0.1) is 0 Å². The number of nitrogens with one attached hydrogen (secondary N) is 1. The molecule has 0 unspecified atom stereocenters. The lowest BCUT2D eigenvalue weighted by Gasteiger charge is -2.11. The van der Waals surface area contributed by atoms with E-state index in [1.54, 1.807) is 6.20 Å². The molecule has 0 heterocycles. The van der Waals surface area contributed by atoms with Gasteiger partial charge in [-0.3, -0.25) is 4.79 Å². The molecule has 0 saturated heterocycles. The summed E-state index contributed by atoms with van der Waals surface area (Å²) in [7, 11) is 0. The van der Waals surface area contributed by atoms with E-state index < -0.39 is 0 Å². The van der Waals surface area contributed by atoms with Gasteiger partial charge < -0.3 is 5.32 Å². The van der Waals surface area contributed by atoms with Crippen molar-refractivity contribution in [1.82, 2.24) is 5.32 Å². The largest absolute Gasteiger partial charge is 0.333 e. The van der Waals surface area contributed by atoms with Gasteiger partial charge in [0, 0.05) is 17.6 Å². The van der Waals surface area contributed by atoms with Gasteiger partial charge in [-0.2, -0.15) is 0 Å². The molecule has 0 aromatic heterocycles. The number of hydrogen-bond acceptors (Lipinski definition) is 1. The normalized spacial score (nSPS) is 20.5. The zero-order valence-electron chi connectivity index (χ0n) is 7.06. The third kappa shape index (κ3) is 2.81. The second kappa shape index (κ2) is 4.45. The fourth-order valence-corrected chi connectivity index (χ4v) is 1.64. The van der Waals surface area contributed by atoms with Crippen LogP contribution in [0.15, 0.2) is 22.3 Å². The van der Waals surface area contributed by atoms with Crippen LogP contribution in [0.25, 0.3) is 0 Å². The Morgan fingerprint density at radius 3 is 3.08 bits per heavy atom. The fourth-order valence-electron chi connectivity index (χ4n) is 1.10. The highest BCUT2D eigenvalue weighted by Crippen LogP contribution is 2.27. The Hall–Kier alpha value is -0.570.